The van der Waals surface area contributed by atoms with Gasteiger partial charge in [-0.05, 0) is 12.5 Å². The number of aliphatic carboxylic acids is 2. The van der Waals surface area contributed by atoms with Crippen LogP contribution in [0.25, 0.3) is 5.57 Å². The molecule has 0 unspecified atom stereocenters. The molecule has 0 spiro atoms. The molecule has 27 heavy (non-hydrogen) atoms. The van der Waals surface area contributed by atoms with E-state index in [-0.39, 0.29) is 27.1 Å². The number of fused-ring (bicyclic) bond motifs is 1. The predicted molar refractivity (Wildman–Crippen MR) is 102 cm³/mol. The number of rotatable bonds is 5. The first kappa shape index (κ1) is 19.1. The first-order valence-electron chi connectivity index (χ1n) is 7.85. The van der Waals surface area contributed by atoms with E-state index in [9.17, 15) is 24.3 Å². The van der Waals surface area contributed by atoms with Crippen molar-refractivity contribution in [3.63, 3.8) is 0 Å². The Hall–Kier alpha value is -2.72. The Balaban J connectivity index is 2.03. The number of hydrogen-bond donors (Lipinski definition) is 2. The minimum absolute atomic E-state index is 0.0138. The molecule has 2 N–H and O–H groups in total. The summed E-state index contributed by atoms with van der Waals surface area (Å²) in [7, 11) is 1.59. The molecule has 1 fully saturated rings. The van der Waals surface area contributed by atoms with Crippen molar-refractivity contribution in [3.8, 4) is 0 Å². The van der Waals surface area contributed by atoms with Crippen molar-refractivity contribution in [2.45, 2.75) is 18.9 Å². The van der Waals surface area contributed by atoms with E-state index in [0.29, 0.717) is 11.3 Å². The summed E-state index contributed by atoms with van der Waals surface area (Å²) in [4.78, 5) is 50.4. The molecule has 140 valence electrons. The van der Waals surface area contributed by atoms with E-state index in [4.69, 9.17) is 17.3 Å². The number of benzene rings is 1. The normalized spacial score (nSPS) is 20.3. The Kier molecular flexibility index (Phi) is 5.03. The van der Waals surface area contributed by atoms with Gasteiger partial charge >= 0.3 is 11.9 Å². The third kappa shape index (κ3) is 3.21. The molecule has 0 aliphatic carbocycles. The van der Waals surface area contributed by atoms with Gasteiger partial charge in [-0.25, -0.2) is 4.79 Å². The highest BCUT2D eigenvalue weighted by Gasteiger charge is 2.45. The molecule has 2 heterocycles. The van der Waals surface area contributed by atoms with E-state index < -0.39 is 30.3 Å². The van der Waals surface area contributed by atoms with Gasteiger partial charge in [0.25, 0.3) is 11.8 Å². The molecular formula is C17H14N2O6S2. The lowest BCUT2D eigenvalue weighted by molar-refractivity contribution is -0.146. The van der Waals surface area contributed by atoms with Crippen LogP contribution in [0.2, 0.25) is 0 Å². The Morgan fingerprint density at radius 3 is 2.48 bits per heavy atom. The maximum Gasteiger partial charge on any atom is 0.326 e. The van der Waals surface area contributed by atoms with Crippen molar-refractivity contribution in [2.75, 3.05) is 11.9 Å². The lowest BCUT2D eigenvalue weighted by Crippen LogP contribution is -2.44. The van der Waals surface area contributed by atoms with Gasteiger partial charge in [0.05, 0.1) is 16.2 Å². The summed E-state index contributed by atoms with van der Waals surface area (Å²) in [6, 6.07) is 5.55. The second-order valence-corrected chi connectivity index (χ2v) is 7.56. The molecule has 10 heteroatoms. The average Bonchev–Trinajstić information content (AvgIpc) is 3.03. The van der Waals surface area contributed by atoms with Crippen molar-refractivity contribution >= 4 is 63.3 Å². The zero-order valence-corrected chi connectivity index (χ0v) is 15.7. The number of nitrogens with zero attached hydrogens (tertiary/aromatic N) is 2. The molecule has 1 atom stereocenters. The predicted octanol–water partition coefficient (Wildman–Crippen LogP) is 1.55. The summed E-state index contributed by atoms with van der Waals surface area (Å²) < 4.78 is -0.0138. The van der Waals surface area contributed by atoms with Gasteiger partial charge in [-0.1, -0.05) is 42.2 Å². The molecular weight excluding hydrogens is 392 g/mol. The molecule has 0 aromatic heterocycles. The van der Waals surface area contributed by atoms with E-state index in [2.05, 4.69) is 0 Å². The number of thioether (sulfide) groups is 1. The van der Waals surface area contributed by atoms with Crippen LogP contribution in [-0.4, -0.2) is 56.3 Å². The largest absolute Gasteiger partial charge is 0.481 e. The molecule has 8 nitrogen and oxygen atoms in total. The summed E-state index contributed by atoms with van der Waals surface area (Å²) in [5.74, 6) is -3.61. The molecule has 1 aromatic rings. The van der Waals surface area contributed by atoms with Crippen molar-refractivity contribution in [2.24, 2.45) is 0 Å². The number of carbonyl (C=O) groups is 4. The highest BCUT2D eigenvalue weighted by Crippen LogP contribution is 2.44. The lowest BCUT2D eigenvalue weighted by Gasteiger charge is -2.22. The molecule has 0 saturated carbocycles. The van der Waals surface area contributed by atoms with Crippen molar-refractivity contribution in [3.05, 3.63) is 34.7 Å². The quantitative estimate of drug-likeness (QED) is 0.559. The Morgan fingerprint density at radius 1 is 1.19 bits per heavy atom. The first-order chi connectivity index (χ1) is 12.7. The SMILES string of the molecule is CN1C(=O)/C(=C2/SC(=S)N([C@@H](CCC(=O)O)C(=O)O)C2=O)c2ccccc21. The topological polar surface area (TPSA) is 115 Å². The number of carboxylic acids is 2. The Labute approximate surface area is 163 Å². The Morgan fingerprint density at radius 2 is 1.85 bits per heavy atom. The standard InChI is InChI=1S/C17H14N2O6S2/c1-18-9-5-3-2-4-8(9)12(14(18)22)13-15(23)19(17(26)27-13)10(16(24)25)6-7-11(20)21/h2-5,10H,6-7H2,1H3,(H,20,21)(H,24,25)/b13-12+/t10-/m0/s1. The second-order valence-electron chi connectivity index (χ2n) is 5.92. The van der Waals surface area contributed by atoms with Crippen LogP contribution in [0.4, 0.5) is 5.69 Å². The van der Waals surface area contributed by atoms with Gasteiger partial charge in [0.2, 0.25) is 0 Å². The maximum absolute atomic E-state index is 12.9. The van der Waals surface area contributed by atoms with Gasteiger partial charge in [0, 0.05) is 19.0 Å². The average molecular weight is 406 g/mol. The number of likely N-dealkylation sites (N-methyl/N-ethyl adjacent to an activating group) is 1. The fraction of sp³-hybridized carbons (Fsp3) is 0.235. The molecule has 2 amide bonds. The number of amides is 2. The minimum Gasteiger partial charge on any atom is -0.481 e. The van der Waals surface area contributed by atoms with Crippen molar-refractivity contribution < 1.29 is 29.4 Å². The summed E-state index contributed by atoms with van der Waals surface area (Å²) in [6.07, 6.45) is -0.714. The van der Waals surface area contributed by atoms with Crippen molar-refractivity contribution in [1.29, 1.82) is 0 Å². The van der Waals surface area contributed by atoms with Crippen LogP contribution in [-0.2, 0) is 19.2 Å². The summed E-state index contributed by atoms with van der Waals surface area (Å²) in [5, 5.41) is 18.3. The summed E-state index contributed by atoms with van der Waals surface area (Å²) >= 11 is 6.03. The summed E-state index contributed by atoms with van der Waals surface area (Å²) in [5.41, 5.74) is 1.39. The molecule has 3 rings (SSSR count). The molecule has 1 aromatic carbocycles. The van der Waals surface area contributed by atoms with E-state index in [0.717, 1.165) is 16.7 Å². The number of anilines is 1. The zero-order chi connectivity index (χ0) is 19.9. The van der Waals surface area contributed by atoms with Gasteiger partial charge in [0.15, 0.2) is 0 Å². The number of thiocarbonyl (C=S) groups is 1. The molecule has 2 aliphatic heterocycles. The highest BCUT2D eigenvalue weighted by molar-refractivity contribution is 8.26. The van der Waals surface area contributed by atoms with Gasteiger partial charge in [0.1, 0.15) is 10.4 Å². The van der Waals surface area contributed by atoms with E-state index >= 15 is 0 Å². The molecule has 1 saturated heterocycles. The first-order valence-corrected chi connectivity index (χ1v) is 9.08. The summed E-state index contributed by atoms with van der Waals surface area (Å²) in [6.45, 7) is 0. The monoisotopic (exact) mass is 406 g/mol. The molecule has 2 aliphatic rings. The van der Waals surface area contributed by atoms with Crippen LogP contribution in [0.1, 0.15) is 18.4 Å². The van der Waals surface area contributed by atoms with Gasteiger partial charge in [-0.15, -0.1) is 0 Å². The van der Waals surface area contributed by atoms with Gasteiger partial charge in [-0.3, -0.25) is 19.3 Å². The molecule has 0 radical (unpaired) electrons. The van der Waals surface area contributed by atoms with Gasteiger partial charge < -0.3 is 15.1 Å². The lowest BCUT2D eigenvalue weighted by atomic mass is 10.1. The van der Waals surface area contributed by atoms with Crippen LogP contribution >= 0.6 is 24.0 Å². The van der Waals surface area contributed by atoms with E-state index in [1.54, 1.807) is 31.3 Å². The number of hydrogen-bond acceptors (Lipinski definition) is 6. The van der Waals surface area contributed by atoms with Gasteiger partial charge in [-0.2, -0.15) is 0 Å². The van der Waals surface area contributed by atoms with E-state index in [1.807, 2.05) is 0 Å². The van der Waals surface area contributed by atoms with E-state index in [1.165, 1.54) is 4.90 Å². The van der Waals surface area contributed by atoms with Crippen LogP contribution < -0.4 is 4.90 Å². The highest BCUT2D eigenvalue weighted by atomic mass is 32.2. The van der Waals surface area contributed by atoms with Crippen LogP contribution in [0.15, 0.2) is 29.2 Å². The van der Waals surface area contributed by atoms with Crippen LogP contribution in [0.3, 0.4) is 0 Å². The molecule has 0 bridgehead atoms. The fourth-order valence-electron chi connectivity index (χ4n) is 3.01. The third-order valence-corrected chi connectivity index (χ3v) is 5.71. The fourth-order valence-corrected chi connectivity index (χ4v) is 4.44. The van der Waals surface area contributed by atoms with Crippen molar-refractivity contribution in [1.82, 2.24) is 4.90 Å². The van der Waals surface area contributed by atoms with Crippen LogP contribution in [0, 0.1) is 0 Å². The number of carbonyl (C=O) groups excluding carboxylic acids is 2. The Bertz CT molecular complexity index is 926. The third-order valence-electron chi connectivity index (χ3n) is 4.31. The number of carboxylic acid groups (broad SMARTS) is 2. The zero-order valence-electron chi connectivity index (χ0n) is 14.0. The van der Waals surface area contributed by atoms with Crippen LogP contribution in [0.5, 0.6) is 0 Å². The smallest absolute Gasteiger partial charge is 0.326 e. The minimum atomic E-state index is -1.41. The number of para-hydroxylation sites is 1. The maximum atomic E-state index is 12.9. The second kappa shape index (κ2) is 7.12.